The maximum Gasteiger partial charge on any atom is 0.0950 e. The molecule has 2 atom stereocenters. The van der Waals surface area contributed by atoms with Crippen molar-refractivity contribution in [1.82, 2.24) is 5.32 Å². The van der Waals surface area contributed by atoms with Gasteiger partial charge in [0, 0.05) is 12.6 Å². The Hall–Kier alpha value is -0.860. The number of hydrogen-bond donors (Lipinski definition) is 1. The maximum atomic E-state index is 5.77. The molecule has 14 heavy (non-hydrogen) atoms. The topological polar surface area (TPSA) is 21.3 Å². The summed E-state index contributed by atoms with van der Waals surface area (Å²) in [5, 5.41) is 3.42. The van der Waals surface area contributed by atoms with Gasteiger partial charge in [0.05, 0.1) is 12.7 Å². The largest absolute Gasteiger partial charge is 0.371 e. The number of morpholine rings is 1. The second-order valence-electron chi connectivity index (χ2n) is 4.05. The predicted octanol–water partition coefficient (Wildman–Crippen LogP) is 2.04. The molecule has 1 saturated heterocycles. The fraction of sp³-hybridized carbons (Fsp3) is 0.500. The molecule has 2 nitrogen and oxygen atoms in total. The SMILES string of the molecule is Cc1cccc([C@@H]2CNC(C)CO2)c1. The lowest BCUT2D eigenvalue weighted by Crippen LogP contribution is -2.40. The van der Waals surface area contributed by atoms with Crippen molar-refractivity contribution >= 4 is 0 Å². The summed E-state index contributed by atoms with van der Waals surface area (Å²) in [6, 6.07) is 9.02. The molecule has 0 bridgehead atoms. The number of benzene rings is 1. The van der Waals surface area contributed by atoms with E-state index in [0.29, 0.717) is 6.04 Å². The van der Waals surface area contributed by atoms with Gasteiger partial charge in [-0.05, 0) is 19.4 Å². The second-order valence-corrected chi connectivity index (χ2v) is 4.05. The van der Waals surface area contributed by atoms with E-state index in [-0.39, 0.29) is 6.10 Å². The van der Waals surface area contributed by atoms with Gasteiger partial charge in [0.2, 0.25) is 0 Å². The third-order valence-corrected chi connectivity index (χ3v) is 2.61. The van der Waals surface area contributed by atoms with Crippen LogP contribution in [0, 0.1) is 6.92 Å². The van der Waals surface area contributed by atoms with E-state index in [1.54, 1.807) is 0 Å². The number of hydrogen-bond acceptors (Lipinski definition) is 2. The summed E-state index contributed by atoms with van der Waals surface area (Å²) in [4.78, 5) is 0. The molecule has 0 radical (unpaired) electrons. The molecule has 0 aromatic heterocycles. The first-order valence-corrected chi connectivity index (χ1v) is 5.17. The molecule has 2 heteroatoms. The lowest BCUT2D eigenvalue weighted by Gasteiger charge is -2.28. The van der Waals surface area contributed by atoms with Gasteiger partial charge in [0.15, 0.2) is 0 Å². The van der Waals surface area contributed by atoms with Gasteiger partial charge in [-0.15, -0.1) is 0 Å². The molecule has 0 amide bonds. The van der Waals surface area contributed by atoms with E-state index in [4.69, 9.17) is 4.74 Å². The van der Waals surface area contributed by atoms with Gasteiger partial charge in [-0.3, -0.25) is 0 Å². The van der Waals surface area contributed by atoms with E-state index in [0.717, 1.165) is 13.2 Å². The van der Waals surface area contributed by atoms with Gasteiger partial charge in [0.25, 0.3) is 0 Å². The zero-order valence-corrected chi connectivity index (χ0v) is 8.79. The summed E-state index contributed by atoms with van der Waals surface area (Å²) in [5.74, 6) is 0. The van der Waals surface area contributed by atoms with Gasteiger partial charge in [-0.25, -0.2) is 0 Å². The van der Waals surface area contributed by atoms with Crippen molar-refractivity contribution < 1.29 is 4.74 Å². The van der Waals surface area contributed by atoms with E-state index in [1.165, 1.54) is 11.1 Å². The Morgan fingerprint density at radius 3 is 2.93 bits per heavy atom. The molecule has 1 aliphatic heterocycles. The van der Waals surface area contributed by atoms with E-state index >= 15 is 0 Å². The van der Waals surface area contributed by atoms with Crippen molar-refractivity contribution in [2.45, 2.75) is 26.0 Å². The van der Waals surface area contributed by atoms with Crippen LogP contribution in [0.5, 0.6) is 0 Å². The molecule has 0 spiro atoms. The maximum absolute atomic E-state index is 5.77. The normalized spacial score (nSPS) is 27.6. The van der Waals surface area contributed by atoms with E-state index in [2.05, 4.69) is 43.4 Å². The summed E-state index contributed by atoms with van der Waals surface area (Å²) >= 11 is 0. The van der Waals surface area contributed by atoms with Gasteiger partial charge in [0.1, 0.15) is 0 Å². The Morgan fingerprint density at radius 1 is 1.43 bits per heavy atom. The Bertz CT molecular complexity index is 303. The average Bonchev–Trinajstić information content (AvgIpc) is 2.19. The molecule has 1 aliphatic rings. The first-order valence-electron chi connectivity index (χ1n) is 5.17. The number of aryl methyl sites for hydroxylation is 1. The fourth-order valence-corrected chi connectivity index (χ4v) is 1.77. The van der Waals surface area contributed by atoms with Crippen molar-refractivity contribution in [3.05, 3.63) is 35.4 Å². The third-order valence-electron chi connectivity index (χ3n) is 2.61. The molecule has 1 aromatic rings. The van der Waals surface area contributed by atoms with Gasteiger partial charge in [-0.1, -0.05) is 29.8 Å². The number of ether oxygens (including phenoxy) is 1. The molecule has 1 unspecified atom stereocenters. The molecular formula is C12H17NO. The first-order chi connectivity index (χ1) is 6.75. The van der Waals surface area contributed by atoms with Crippen molar-refractivity contribution in [2.75, 3.05) is 13.2 Å². The lowest BCUT2D eigenvalue weighted by atomic mass is 10.1. The minimum atomic E-state index is 0.228. The molecule has 0 aliphatic carbocycles. The minimum Gasteiger partial charge on any atom is -0.371 e. The first kappa shape index (κ1) is 9.69. The highest BCUT2D eigenvalue weighted by molar-refractivity contribution is 5.24. The van der Waals surface area contributed by atoms with E-state index in [1.807, 2.05) is 0 Å². The number of nitrogens with one attached hydrogen (secondary N) is 1. The summed E-state index contributed by atoms with van der Waals surface area (Å²) in [6.07, 6.45) is 0.228. The highest BCUT2D eigenvalue weighted by atomic mass is 16.5. The van der Waals surface area contributed by atoms with Gasteiger partial charge in [-0.2, -0.15) is 0 Å². The second kappa shape index (κ2) is 4.11. The Morgan fingerprint density at radius 2 is 2.29 bits per heavy atom. The highest BCUT2D eigenvalue weighted by Gasteiger charge is 2.19. The van der Waals surface area contributed by atoms with Crippen LogP contribution >= 0.6 is 0 Å². The molecule has 2 rings (SSSR count). The fourth-order valence-electron chi connectivity index (χ4n) is 1.77. The lowest BCUT2D eigenvalue weighted by molar-refractivity contribution is 0.00693. The van der Waals surface area contributed by atoms with Crippen LogP contribution in [-0.4, -0.2) is 19.2 Å². The molecule has 1 heterocycles. The predicted molar refractivity (Wildman–Crippen MR) is 57.3 cm³/mol. The van der Waals surface area contributed by atoms with Crippen molar-refractivity contribution in [3.8, 4) is 0 Å². The Labute approximate surface area is 85.3 Å². The third kappa shape index (κ3) is 2.14. The summed E-state index contributed by atoms with van der Waals surface area (Å²) in [5.41, 5.74) is 2.58. The molecular weight excluding hydrogens is 174 g/mol. The van der Waals surface area contributed by atoms with Crippen LogP contribution in [0.1, 0.15) is 24.2 Å². The smallest absolute Gasteiger partial charge is 0.0950 e. The Balaban J connectivity index is 2.08. The highest BCUT2D eigenvalue weighted by Crippen LogP contribution is 2.20. The van der Waals surface area contributed by atoms with Crippen LogP contribution in [0.2, 0.25) is 0 Å². The van der Waals surface area contributed by atoms with Crippen LogP contribution in [0.3, 0.4) is 0 Å². The quantitative estimate of drug-likeness (QED) is 0.733. The van der Waals surface area contributed by atoms with Gasteiger partial charge >= 0.3 is 0 Å². The van der Waals surface area contributed by atoms with Crippen LogP contribution in [0.15, 0.2) is 24.3 Å². The van der Waals surface area contributed by atoms with Crippen LogP contribution < -0.4 is 5.32 Å². The minimum absolute atomic E-state index is 0.228. The standard InChI is InChI=1S/C12H17NO/c1-9-4-3-5-11(6-9)12-7-13-10(2)8-14-12/h3-6,10,12-13H,7-8H2,1-2H3/t10?,12-/m0/s1. The summed E-state index contributed by atoms with van der Waals surface area (Å²) in [6.45, 7) is 5.98. The van der Waals surface area contributed by atoms with Crippen LogP contribution in [0.4, 0.5) is 0 Å². The zero-order valence-electron chi connectivity index (χ0n) is 8.79. The zero-order chi connectivity index (χ0) is 9.97. The summed E-state index contributed by atoms with van der Waals surface area (Å²) < 4.78 is 5.77. The molecule has 76 valence electrons. The van der Waals surface area contributed by atoms with Crippen LogP contribution in [-0.2, 0) is 4.74 Å². The monoisotopic (exact) mass is 191 g/mol. The van der Waals surface area contributed by atoms with E-state index in [9.17, 15) is 0 Å². The van der Waals surface area contributed by atoms with Crippen molar-refractivity contribution in [3.63, 3.8) is 0 Å². The summed E-state index contributed by atoms with van der Waals surface area (Å²) in [7, 11) is 0. The van der Waals surface area contributed by atoms with Crippen LogP contribution in [0.25, 0.3) is 0 Å². The Kier molecular flexibility index (Phi) is 2.85. The van der Waals surface area contributed by atoms with Crippen molar-refractivity contribution in [2.24, 2.45) is 0 Å². The molecule has 0 saturated carbocycles. The average molecular weight is 191 g/mol. The van der Waals surface area contributed by atoms with Gasteiger partial charge < -0.3 is 10.1 Å². The molecule has 1 aromatic carbocycles. The van der Waals surface area contributed by atoms with E-state index < -0.39 is 0 Å². The van der Waals surface area contributed by atoms with Crippen molar-refractivity contribution in [1.29, 1.82) is 0 Å². The molecule has 1 N–H and O–H groups in total. The number of rotatable bonds is 1. The molecule has 1 fully saturated rings.